The standard InChI is InChI=1S/C17H30N2O2/c1-3-4-5-6-7-8-9-12-19-13(2)16(20)18-15(17(19)21)14-10-11-14/h13-15H,3-12H2,1-2H3,(H,18,20). The molecule has 1 aliphatic carbocycles. The fourth-order valence-electron chi connectivity index (χ4n) is 3.14. The highest BCUT2D eigenvalue weighted by atomic mass is 16.2. The molecule has 4 heteroatoms. The first-order chi connectivity index (χ1) is 10.1. The monoisotopic (exact) mass is 294 g/mol. The SMILES string of the molecule is CCCCCCCCCN1C(=O)C(C2CC2)NC(=O)C1C. The lowest BCUT2D eigenvalue weighted by Gasteiger charge is -2.37. The molecule has 0 bridgehead atoms. The van der Waals surface area contributed by atoms with Crippen LogP contribution in [0.2, 0.25) is 0 Å². The minimum absolute atomic E-state index is 0.0226. The molecule has 0 radical (unpaired) electrons. The second-order valence-corrected chi connectivity index (χ2v) is 6.65. The van der Waals surface area contributed by atoms with Crippen LogP contribution in [0, 0.1) is 5.92 Å². The molecule has 120 valence electrons. The van der Waals surface area contributed by atoms with Gasteiger partial charge in [-0.25, -0.2) is 0 Å². The first kappa shape index (κ1) is 16.3. The van der Waals surface area contributed by atoms with Gasteiger partial charge in [-0.2, -0.15) is 0 Å². The molecule has 1 heterocycles. The smallest absolute Gasteiger partial charge is 0.246 e. The van der Waals surface area contributed by atoms with Gasteiger partial charge in [0.25, 0.3) is 0 Å². The Morgan fingerprint density at radius 1 is 1.05 bits per heavy atom. The third kappa shape index (κ3) is 4.45. The van der Waals surface area contributed by atoms with Crippen molar-refractivity contribution >= 4 is 11.8 Å². The molecule has 2 aliphatic rings. The van der Waals surface area contributed by atoms with Gasteiger partial charge in [0, 0.05) is 6.54 Å². The van der Waals surface area contributed by atoms with Gasteiger partial charge in [-0.05, 0) is 32.1 Å². The van der Waals surface area contributed by atoms with E-state index in [0.29, 0.717) is 5.92 Å². The fraction of sp³-hybridized carbons (Fsp3) is 0.882. The normalized spacial score (nSPS) is 26.1. The van der Waals surface area contributed by atoms with Crippen molar-refractivity contribution in [2.24, 2.45) is 5.92 Å². The molecule has 0 aromatic rings. The second-order valence-electron chi connectivity index (χ2n) is 6.65. The van der Waals surface area contributed by atoms with E-state index >= 15 is 0 Å². The fourth-order valence-corrected chi connectivity index (χ4v) is 3.14. The van der Waals surface area contributed by atoms with E-state index in [9.17, 15) is 9.59 Å². The molecule has 1 aliphatic heterocycles. The zero-order chi connectivity index (χ0) is 15.2. The number of carbonyl (C=O) groups is 2. The lowest BCUT2D eigenvalue weighted by atomic mass is 10.0. The number of amides is 2. The summed E-state index contributed by atoms with van der Waals surface area (Å²) >= 11 is 0. The van der Waals surface area contributed by atoms with Crippen molar-refractivity contribution in [2.75, 3.05) is 6.54 Å². The van der Waals surface area contributed by atoms with Gasteiger partial charge < -0.3 is 10.2 Å². The first-order valence-electron chi connectivity index (χ1n) is 8.76. The Balaban J connectivity index is 1.72. The van der Waals surface area contributed by atoms with Crippen molar-refractivity contribution in [1.29, 1.82) is 0 Å². The Kier molecular flexibility index (Phi) is 6.07. The number of rotatable bonds is 9. The predicted molar refractivity (Wildman–Crippen MR) is 83.8 cm³/mol. The van der Waals surface area contributed by atoms with Gasteiger partial charge >= 0.3 is 0 Å². The van der Waals surface area contributed by atoms with Crippen molar-refractivity contribution in [3.05, 3.63) is 0 Å². The average Bonchev–Trinajstić information content (AvgIpc) is 3.29. The van der Waals surface area contributed by atoms with E-state index in [0.717, 1.165) is 32.2 Å². The maximum absolute atomic E-state index is 12.5. The van der Waals surface area contributed by atoms with E-state index in [1.807, 2.05) is 11.8 Å². The van der Waals surface area contributed by atoms with Crippen LogP contribution >= 0.6 is 0 Å². The summed E-state index contributed by atoms with van der Waals surface area (Å²) in [6.07, 6.45) is 10.8. The molecule has 1 saturated heterocycles. The van der Waals surface area contributed by atoms with Crippen LogP contribution in [0.4, 0.5) is 0 Å². The zero-order valence-electron chi connectivity index (χ0n) is 13.6. The van der Waals surface area contributed by atoms with Crippen molar-refractivity contribution < 1.29 is 9.59 Å². The number of nitrogens with one attached hydrogen (secondary N) is 1. The van der Waals surface area contributed by atoms with Crippen LogP contribution in [0.3, 0.4) is 0 Å². The Morgan fingerprint density at radius 3 is 2.29 bits per heavy atom. The maximum atomic E-state index is 12.5. The maximum Gasteiger partial charge on any atom is 0.246 e. The minimum atomic E-state index is -0.299. The highest BCUT2D eigenvalue weighted by Gasteiger charge is 2.45. The quantitative estimate of drug-likeness (QED) is 0.665. The van der Waals surface area contributed by atoms with Gasteiger partial charge in [-0.3, -0.25) is 9.59 Å². The molecule has 2 rings (SSSR count). The second kappa shape index (κ2) is 7.81. The molecule has 4 nitrogen and oxygen atoms in total. The number of piperazine rings is 1. The summed E-state index contributed by atoms with van der Waals surface area (Å²) in [5.41, 5.74) is 0. The molecule has 21 heavy (non-hydrogen) atoms. The predicted octanol–water partition coefficient (Wildman–Crippen LogP) is 2.86. The molecule has 1 saturated carbocycles. The lowest BCUT2D eigenvalue weighted by molar-refractivity contribution is -0.149. The van der Waals surface area contributed by atoms with Crippen molar-refractivity contribution in [2.45, 2.75) is 83.7 Å². The van der Waals surface area contributed by atoms with Gasteiger partial charge in [0.1, 0.15) is 12.1 Å². The Bertz CT molecular complexity index is 366. The van der Waals surface area contributed by atoms with Crippen LogP contribution in [0.25, 0.3) is 0 Å². The topological polar surface area (TPSA) is 49.4 Å². The zero-order valence-corrected chi connectivity index (χ0v) is 13.6. The molecule has 2 amide bonds. The third-order valence-electron chi connectivity index (χ3n) is 4.79. The Morgan fingerprint density at radius 2 is 1.67 bits per heavy atom. The highest BCUT2D eigenvalue weighted by molar-refractivity contribution is 5.97. The number of nitrogens with zero attached hydrogens (tertiary/aromatic N) is 1. The molecule has 2 unspecified atom stereocenters. The number of hydrogen-bond acceptors (Lipinski definition) is 2. The van der Waals surface area contributed by atoms with E-state index in [1.54, 1.807) is 0 Å². The van der Waals surface area contributed by atoms with E-state index in [-0.39, 0.29) is 23.9 Å². The third-order valence-corrected chi connectivity index (χ3v) is 4.79. The van der Waals surface area contributed by atoms with Crippen LogP contribution in [0.1, 0.15) is 71.6 Å². The van der Waals surface area contributed by atoms with Crippen molar-refractivity contribution in [1.82, 2.24) is 10.2 Å². The van der Waals surface area contributed by atoms with E-state index in [1.165, 1.54) is 32.1 Å². The van der Waals surface area contributed by atoms with Crippen molar-refractivity contribution in [3.8, 4) is 0 Å². The van der Waals surface area contributed by atoms with Crippen LogP contribution in [0.15, 0.2) is 0 Å². The molecule has 1 N–H and O–H groups in total. The largest absolute Gasteiger partial charge is 0.342 e. The molecule has 2 atom stereocenters. The highest BCUT2D eigenvalue weighted by Crippen LogP contribution is 2.35. The average molecular weight is 294 g/mol. The summed E-state index contributed by atoms with van der Waals surface area (Å²) in [4.78, 5) is 26.3. The van der Waals surface area contributed by atoms with Gasteiger partial charge in [-0.1, -0.05) is 45.4 Å². The molecule has 0 aromatic heterocycles. The Hall–Kier alpha value is -1.06. The number of carbonyl (C=O) groups excluding carboxylic acids is 2. The van der Waals surface area contributed by atoms with E-state index in [4.69, 9.17) is 0 Å². The summed E-state index contributed by atoms with van der Waals surface area (Å²) in [5, 5.41) is 2.90. The summed E-state index contributed by atoms with van der Waals surface area (Å²) in [6.45, 7) is 4.81. The summed E-state index contributed by atoms with van der Waals surface area (Å²) < 4.78 is 0. The van der Waals surface area contributed by atoms with Crippen LogP contribution < -0.4 is 5.32 Å². The summed E-state index contributed by atoms with van der Waals surface area (Å²) in [6, 6.07) is -0.536. The van der Waals surface area contributed by atoms with E-state index in [2.05, 4.69) is 12.2 Å². The molecular formula is C17H30N2O2. The van der Waals surface area contributed by atoms with Gasteiger partial charge in [-0.15, -0.1) is 0 Å². The lowest BCUT2D eigenvalue weighted by Crippen LogP contribution is -2.63. The van der Waals surface area contributed by atoms with Gasteiger partial charge in [0.05, 0.1) is 0 Å². The van der Waals surface area contributed by atoms with Gasteiger partial charge in [0.15, 0.2) is 0 Å². The molecular weight excluding hydrogens is 264 g/mol. The first-order valence-corrected chi connectivity index (χ1v) is 8.76. The van der Waals surface area contributed by atoms with Crippen LogP contribution in [-0.2, 0) is 9.59 Å². The molecule has 0 spiro atoms. The van der Waals surface area contributed by atoms with Crippen molar-refractivity contribution in [3.63, 3.8) is 0 Å². The Labute approximate surface area is 128 Å². The van der Waals surface area contributed by atoms with E-state index < -0.39 is 0 Å². The number of hydrogen-bond donors (Lipinski definition) is 1. The summed E-state index contributed by atoms with van der Waals surface area (Å²) in [5.74, 6) is 0.565. The molecule has 2 fully saturated rings. The van der Waals surface area contributed by atoms with Crippen LogP contribution in [0.5, 0.6) is 0 Å². The van der Waals surface area contributed by atoms with Crippen LogP contribution in [-0.4, -0.2) is 35.3 Å². The minimum Gasteiger partial charge on any atom is -0.342 e. The molecule has 0 aromatic carbocycles. The summed E-state index contributed by atoms with van der Waals surface area (Å²) in [7, 11) is 0. The van der Waals surface area contributed by atoms with Gasteiger partial charge in [0.2, 0.25) is 11.8 Å². The number of unbranched alkanes of at least 4 members (excludes halogenated alkanes) is 6.